The number of aromatic nitrogens is 1. The van der Waals surface area contributed by atoms with Gasteiger partial charge in [0.2, 0.25) is 0 Å². The second kappa shape index (κ2) is 7.76. The number of pyridine rings is 1. The minimum absolute atomic E-state index is 0.119. The molecule has 1 amide bonds. The number of thiophene rings is 1. The van der Waals surface area contributed by atoms with Gasteiger partial charge in [0.15, 0.2) is 0 Å². The molecule has 1 saturated heterocycles. The molecule has 0 bridgehead atoms. The van der Waals surface area contributed by atoms with E-state index in [0.29, 0.717) is 24.4 Å². The van der Waals surface area contributed by atoms with Crippen LogP contribution in [0.15, 0.2) is 42.0 Å². The summed E-state index contributed by atoms with van der Waals surface area (Å²) >= 11 is 1.35. The van der Waals surface area contributed by atoms with Gasteiger partial charge in [-0.25, -0.2) is 4.79 Å². The van der Waals surface area contributed by atoms with Gasteiger partial charge in [0.1, 0.15) is 6.04 Å². The third kappa shape index (κ3) is 4.05. The Labute approximate surface area is 150 Å². The van der Waals surface area contributed by atoms with E-state index in [4.69, 9.17) is 0 Å². The van der Waals surface area contributed by atoms with Crippen molar-refractivity contribution in [3.8, 4) is 0 Å². The SMILES string of the molecule is CN(Cc1cccnc1)[C@H]1CCN(C(=O)c2cccs2)[C@H](C(=O)O)C1. The zero-order valence-electron chi connectivity index (χ0n) is 14.0. The van der Waals surface area contributed by atoms with Gasteiger partial charge < -0.3 is 10.0 Å². The van der Waals surface area contributed by atoms with E-state index in [0.717, 1.165) is 12.0 Å². The molecule has 0 aromatic carbocycles. The van der Waals surface area contributed by atoms with Crippen molar-refractivity contribution < 1.29 is 14.7 Å². The third-order valence-corrected chi connectivity index (χ3v) is 5.49. The van der Waals surface area contributed by atoms with Crippen LogP contribution in [0.1, 0.15) is 28.1 Å². The fourth-order valence-electron chi connectivity index (χ4n) is 3.27. The molecule has 25 heavy (non-hydrogen) atoms. The Morgan fingerprint density at radius 2 is 2.24 bits per heavy atom. The van der Waals surface area contributed by atoms with Crippen LogP contribution in [-0.2, 0) is 11.3 Å². The summed E-state index contributed by atoms with van der Waals surface area (Å²) in [4.78, 5) is 32.7. The van der Waals surface area contributed by atoms with Crippen molar-refractivity contribution in [1.82, 2.24) is 14.8 Å². The lowest BCUT2D eigenvalue weighted by atomic mass is 9.95. The van der Waals surface area contributed by atoms with Crippen molar-refractivity contribution in [3.05, 3.63) is 52.5 Å². The Morgan fingerprint density at radius 3 is 2.88 bits per heavy atom. The summed E-state index contributed by atoms with van der Waals surface area (Å²) in [5.74, 6) is -1.12. The van der Waals surface area contributed by atoms with Crippen LogP contribution >= 0.6 is 11.3 Å². The number of hydrogen-bond donors (Lipinski definition) is 1. The van der Waals surface area contributed by atoms with Crippen molar-refractivity contribution in [1.29, 1.82) is 0 Å². The molecule has 3 rings (SSSR count). The van der Waals surface area contributed by atoms with Gasteiger partial charge in [-0.15, -0.1) is 11.3 Å². The van der Waals surface area contributed by atoms with Crippen LogP contribution in [0.3, 0.4) is 0 Å². The molecule has 0 spiro atoms. The van der Waals surface area contributed by atoms with Gasteiger partial charge in [0.05, 0.1) is 4.88 Å². The monoisotopic (exact) mass is 359 g/mol. The molecule has 1 fully saturated rings. The molecule has 1 aliphatic heterocycles. The summed E-state index contributed by atoms with van der Waals surface area (Å²) < 4.78 is 0. The number of rotatable bonds is 5. The van der Waals surface area contributed by atoms with Crippen molar-refractivity contribution in [2.24, 2.45) is 0 Å². The summed E-state index contributed by atoms with van der Waals surface area (Å²) in [7, 11) is 1.99. The van der Waals surface area contributed by atoms with E-state index in [9.17, 15) is 14.7 Å². The van der Waals surface area contributed by atoms with Crippen LogP contribution in [0, 0.1) is 0 Å². The molecule has 7 heteroatoms. The number of carboxylic acid groups (broad SMARTS) is 1. The largest absolute Gasteiger partial charge is 0.480 e. The lowest BCUT2D eigenvalue weighted by Crippen LogP contribution is -2.54. The quantitative estimate of drug-likeness (QED) is 0.887. The zero-order chi connectivity index (χ0) is 17.8. The van der Waals surface area contributed by atoms with E-state index in [2.05, 4.69) is 9.88 Å². The number of carbonyl (C=O) groups excluding carboxylic acids is 1. The van der Waals surface area contributed by atoms with E-state index < -0.39 is 12.0 Å². The van der Waals surface area contributed by atoms with Crippen molar-refractivity contribution in [2.75, 3.05) is 13.6 Å². The summed E-state index contributed by atoms with van der Waals surface area (Å²) in [5, 5.41) is 11.5. The van der Waals surface area contributed by atoms with Gasteiger partial charge in [-0.05, 0) is 43.0 Å². The number of hydrogen-bond acceptors (Lipinski definition) is 5. The van der Waals surface area contributed by atoms with Crippen molar-refractivity contribution >= 4 is 23.2 Å². The molecular formula is C18H21N3O3S. The van der Waals surface area contributed by atoms with Crippen molar-refractivity contribution in [2.45, 2.75) is 31.5 Å². The maximum absolute atomic E-state index is 12.6. The maximum atomic E-state index is 12.6. The summed E-state index contributed by atoms with van der Waals surface area (Å²) in [5.41, 5.74) is 1.09. The van der Waals surface area contributed by atoms with Gasteiger partial charge in [-0.2, -0.15) is 0 Å². The average molecular weight is 359 g/mol. The number of aliphatic carboxylic acids is 1. The molecule has 3 heterocycles. The highest BCUT2D eigenvalue weighted by atomic mass is 32.1. The second-order valence-electron chi connectivity index (χ2n) is 6.28. The van der Waals surface area contributed by atoms with Crippen LogP contribution < -0.4 is 0 Å². The number of nitrogens with zero attached hydrogens (tertiary/aromatic N) is 3. The van der Waals surface area contributed by atoms with Crippen LogP contribution in [0.25, 0.3) is 0 Å². The molecule has 1 N–H and O–H groups in total. The van der Waals surface area contributed by atoms with E-state index in [-0.39, 0.29) is 11.9 Å². The second-order valence-corrected chi connectivity index (χ2v) is 7.23. The van der Waals surface area contributed by atoms with Gasteiger partial charge in [-0.3, -0.25) is 14.7 Å². The first kappa shape index (κ1) is 17.6. The highest BCUT2D eigenvalue weighted by molar-refractivity contribution is 7.12. The fourth-order valence-corrected chi connectivity index (χ4v) is 3.95. The number of piperidine rings is 1. The Hall–Kier alpha value is -2.25. The lowest BCUT2D eigenvalue weighted by Gasteiger charge is -2.40. The summed E-state index contributed by atoms with van der Waals surface area (Å²) in [6, 6.07) is 6.78. The highest BCUT2D eigenvalue weighted by Crippen LogP contribution is 2.25. The number of likely N-dealkylation sites (tertiary alicyclic amines) is 1. The van der Waals surface area contributed by atoms with E-state index in [1.54, 1.807) is 12.3 Å². The summed E-state index contributed by atoms with van der Waals surface area (Å²) in [6.45, 7) is 1.17. The highest BCUT2D eigenvalue weighted by Gasteiger charge is 2.38. The first-order chi connectivity index (χ1) is 12.1. The standard InChI is InChI=1S/C18H21N3O3S/c1-20(12-13-4-2-7-19-11-13)14-6-8-21(15(10-14)18(23)24)17(22)16-5-3-9-25-16/h2-5,7,9,11,14-15H,6,8,10,12H2,1H3,(H,23,24)/t14-,15-/m0/s1. The van der Waals surface area contributed by atoms with Crippen LogP contribution in [0.4, 0.5) is 0 Å². The van der Waals surface area contributed by atoms with E-state index in [1.807, 2.05) is 36.8 Å². The Bertz CT molecular complexity index is 720. The number of carboxylic acids is 1. The molecule has 2 aromatic rings. The Balaban J connectivity index is 1.68. The minimum atomic E-state index is -0.940. The van der Waals surface area contributed by atoms with E-state index >= 15 is 0 Å². The van der Waals surface area contributed by atoms with Gasteiger partial charge in [-0.1, -0.05) is 12.1 Å². The smallest absolute Gasteiger partial charge is 0.326 e. The predicted molar refractivity (Wildman–Crippen MR) is 95.5 cm³/mol. The van der Waals surface area contributed by atoms with E-state index in [1.165, 1.54) is 16.2 Å². The van der Waals surface area contributed by atoms with Crippen LogP contribution in [-0.4, -0.2) is 57.4 Å². The van der Waals surface area contributed by atoms with Crippen LogP contribution in [0.5, 0.6) is 0 Å². The lowest BCUT2D eigenvalue weighted by molar-refractivity contribution is -0.144. The molecule has 6 nitrogen and oxygen atoms in total. The normalized spacial score (nSPS) is 20.6. The fraction of sp³-hybridized carbons (Fsp3) is 0.389. The first-order valence-corrected chi connectivity index (χ1v) is 9.10. The maximum Gasteiger partial charge on any atom is 0.326 e. The van der Waals surface area contributed by atoms with Crippen molar-refractivity contribution in [3.63, 3.8) is 0 Å². The Morgan fingerprint density at radius 1 is 1.40 bits per heavy atom. The van der Waals surface area contributed by atoms with Gasteiger partial charge in [0.25, 0.3) is 5.91 Å². The number of carbonyl (C=O) groups is 2. The Kier molecular flexibility index (Phi) is 5.45. The zero-order valence-corrected chi connectivity index (χ0v) is 14.9. The molecule has 0 radical (unpaired) electrons. The summed E-state index contributed by atoms with van der Waals surface area (Å²) in [6.07, 6.45) is 4.75. The molecule has 0 aliphatic carbocycles. The third-order valence-electron chi connectivity index (χ3n) is 4.63. The molecule has 1 aliphatic rings. The molecular weight excluding hydrogens is 338 g/mol. The topological polar surface area (TPSA) is 73.7 Å². The molecule has 0 unspecified atom stereocenters. The van der Waals surface area contributed by atoms with Gasteiger partial charge >= 0.3 is 5.97 Å². The van der Waals surface area contributed by atoms with Gasteiger partial charge in [0, 0.05) is 31.5 Å². The van der Waals surface area contributed by atoms with Crippen LogP contribution in [0.2, 0.25) is 0 Å². The molecule has 132 valence electrons. The minimum Gasteiger partial charge on any atom is -0.480 e. The average Bonchev–Trinajstić information content (AvgIpc) is 3.16. The molecule has 2 aromatic heterocycles. The molecule has 2 atom stereocenters. The number of amides is 1. The first-order valence-electron chi connectivity index (χ1n) is 8.22. The molecule has 0 saturated carbocycles. The predicted octanol–water partition coefficient (Wildman–Crippen LogP) is 2.33.